The van der Waals surface area contributed by atoms with Crippen LogP contribution < -0.4 is 0 Å². The monoisotopic (exact) mass is 297 g/mol. The highest BCUT2D eigenvalue weighted by Gasteiger charge is 2.43. The molecule has 5 heteroatoms. The molecule has 4 heterocycles. The minimum Gasteiger partial charge on any atom is -0.465 e. The molecule has 2 unspecified atom stereocenters. The van der Waals surface area contributed by atoms with Crippen LogP contribution >= 0.6 is 0 Å². The molecule has 2 aliphatic rings. The van der Waals surface area contributed by atoms with E-state index in [1.807, 2.05) is 35.3 Å². The number of amides is 1. The van der Waals surface area contributed by atoms with Gasteiger partial charge in [-0.25, -0.2) is 0 Å². The van der Waals surface area contributed by atoms with Gasteiger partial charge in [0.25, 0.3) is 0 Å². The van der Waals surface area contributed by atoms with Crippen LogP contribution in [0.1, 0.15) is 37.5 Å². The van der Waals surface area contributed by atoms with Gasteiger partial charge in [-0.05, 0) is 50.0 Å². The van der Waals surface area contributed by atoms with Gasteiger partial charge in [-0.1, -0.05) is 0 Å². The number of nitrogens with zero attached hydrogens (tertiary/aromatic N) is 3. The van der Waals surface area contributed by atoms with Gasteiger partial charge in [-0.3, -0.25) is 9.48 Å². The highest BCUT2D eigenvalue weighted by Crippen LogP contribution is 2.40. The summed E-state index contributed by atoms with van der Waals surface area (Å²) in [4.78, 5) is 14.6. The van der Waals surface area contributed by atoms with Gasteiger partial charge in [0.1, 0.15) is 5.76 Å². The Morgan fingerprint density at radius 2 is 2.05 bits per heavy atom. The molecule has 0 aromatic carbocycles. The van der Waals surface area contributed by atoms with Gasteiger partial charge in [0.15, 0.2) is 0 Å². The largest absolute Gasteiger partial charge is 0.465 e. The standard InChI is InChI=1S/C17H19N3O2/c21-17(7-6-16-3-1-10-22-16)20-13-4-5-14(20)12-15(11-13)19-9-2-8-18-19/h1-3,6-10,13-15H,4-5,11-12H2. The maximum atomic E-state index is 12.5. The fourth-order valence-corrected chi connectivity index (χ4v) is 3.85. The van der Waals surface area contributed by atoms with Crippen molar-refractivity contribution in [1.82, 2.24) is 14.7 Å². The highest BCUT2D eigenvalue weighted by atomic mass is 16.3. The zero-order valence-electron chi connectivity index (χ0n) is 12.3. The predicted octanol–water partition coefficient (Wildman–Crippen LogP) is 2.88. The number of hydrogen-bond donors (Lipinski definition) is 0. The average Bonchev–Trinajstić information content (AvgIpc) is 3.25. The van der Waals surface area contributed by atoms with E-state index < -0.39 is 0 Å². The summed E-state index contributed by atoms with van der Waals surface area (Å²) in [5, 5.41) is 4.36. The molecule has 0 radical (unpaired) electrons. The Morgan fingerprint density at radius 1 is 1.23 bits per heavy atom. The topological polar surface area (TPSA) is 51.3 Å². The lowest BCUT2D eigenvalue weighted by molar-refractivity contribution is -0.130. The quantitative estimate of drug-likeness (QED) is 0.819. The van der Waals surface area contributed by atoms with Crippen LogP contribution in [-0.2, 0) is 4.79 Å². The lowest BCUT2D eigenvalue weighted by Gasteiger charge is -2.38. The Morgan fingerprint density at radius 3 is 2.68 bits per heavy atom. The Labute approximate surface area is 129 Å². The first-order chi connectivity index (χ1) is 10.8. The molecule has 114 valence electrons. The van der Waals surface area contributed by atoms with Crippen LogP contribution in [0.3, 0.4) is 0 Å². The van der Waals surface area contributed by atoms with Gasteiger partial charge in [-0.2, -0.15) is 5.10 Å². The third kappa shape index (κ3) is 2.36. The Balaban J connectivity index is 1.47. The van der Waals surface area contributed by atoms with Crippen molar-refractivity contribution >= 4 is 12.0 Å². The Hall–Kier alpha value is -2.30. The van der Waals surface area contributed by atoms with E-state index in [1.54, 1.807) is 18.4 Å². The molecule has 0 N–H and O–H groups in total. The molecule has 2 atom stereocenters. The smallest absolute Gasteiger partial charge is 0.247 e. The molecule has 0 aliphatic carbocycles. The van der Waals surface area contributed by atoms with Crippen molar-refractivity contribution in [3.8, 4) is 0 Å². The summed E-state index contributed by atoms with van der Waals surface area (Å²) in [5.74, 6) is 0.815. The van der Waals surface area contributed by atoms with Gasteiger partial charge in [-0.15, -0.1) is 0 Å². The lowest BCUT2D eigenvalue weighted by atomic mass is 9.97. The highest BCUT2D eigenvalue weighted by molar-refractivity contribution is 5.92. The first kappa shape index (κ1) is 13.4. The molecule has 0 spiro atoms. The van der Waals surface area contributed by atoms with Crippen LogP contribution in [0.4, 0.5) is 0 Å². The summed E-state index contributed by atoms with van der Waals surface area (Å²) in [7, 11) is 0. The van der Waals surface area contributed by atoms with Crippen molar-refractivity contribution in [2.24, 2.45) is 0 Å². The second-order valence-corrected chi connectivity index (χ2v) is 6.09. The number of carbonyl (C=O) groups excluding carboxylic acids is 1. The lowest BCUT2D eigenvalue weighted by Crippen LogP contribution is -2.46. The second kappa shape index (κ2) is 5.48. The van der Waals surface area contributed by atoms with E-state index in [0.29, 0.717) is 23.9 Å². The first-order valence-corrected chi connectivity index (χ1v) is 7.84. The summed E-state index contributed by atoms with van der Waals surface area (Å²) >= 11 is 0. The maximum Gasteiger partial charge on any atom is 0.247 e. The Bertz CT molecular complexity index is 646. The number of piperidine rings is 1. The van der Waals surface area contributed by atoms with Gasteiger partial charge in [0.2, 0.25) is 5.91 Å². The van der Waals surface area contributed by atoms with Crippen molar-refractivity contribution in [3.63, 3.8) is 0 Å². The molecule has 4 rings (SSSR count). The van der Waals surface area contributed by atoms with Crippen LogP contribution in [0.2, 0.25) is 0 Å². The van der Waals surface area contributed by atoms with E-state index in [9.17, 15) is 4.79 Å². The van der Waals surface area contributed by atoms with E-state index in [4.69, 9.17) is 4.42 Å². The number of fused-ring (bicyclic) bond motifs is 2. The molecule has 22 heavy (non-hydrogen) atoms. The van der Waals surface area contributed by atoms with Crippen molar-refractivity contribution < 1.29 is 9.21 Å². The summed E-state index contributed by atoms with van der Waals surface area (Å²) in [6, 6.07) is 6.73. The zero-order chi connectivity index (χ0) is 14.9. The molecular weight excluding hydrogens is 278 g/mol. The normalized spacial score (nSPS) is 27.6. The van der Waals surface area contributed by atoms with Crippen LogP contribution in [0, 0.1) is 0 Å². The van der Waals surface area contributed by atoms with Crippen molar-refractivity contribution in [2.45, 2.75) is 43.8 Å². The third-order valence-corrected chi connectivity index (χ3v) is 4.80. The van der Waals surface area contributed by atoms with Crippen molar-refractivity contribution in [3.05, 3.63) is 48.7 Å². The van der Waals surface area contributed by atoms with E-state index in [1.165, 1.54) is 0 Å². The second-order valence-electron chi connectivity index (χ2n) is 6.09. The van der Waals surface area contributed by atoms with Crippen LogP contribution in [-0.4, -0.2) is 32.7 Å². The molecule has 2 saturated heterocycles. The van der Waals surface area contributed by atoms with Gasteiger partial charge >= 0.3 is 0 Å². The van der Waals surface area contributed by atoms with E-state index in [-0.39, 0.29) is 5.91 Å². The zero-order valence-corrected chi connectivity index (χ0v) is 12.3. The first-order valence-electron chi connectivity index (χ1n) is 7.84. The van der Waals surface area contributed by atoms with Crippen LogP contribution in [0.15, 0.2) is 47.3 Å². The molecule has 2 fully saturated rings. The molecule has 1 amide bonds. The van der Waals surface area contributed by atoms with Gasteiger partial charge < -0.3 is 9.32 Å². The SMILES string of the molecule is O=C(C=Cc1ccco1)N1C2CCC1CC(n1cccn1)C2. The molecule has 2 bridgehead atoms. The summed E-state index contributed by atoms with van der Waals surface area (Å²) in [5.41, 5.74) is 0. The maximum absolute atomic E-state index is 12.5. The molecule has 0 saturated carbocycles. The van der Waals surface area contributed by atoms with Gasteiger partial charge in [0, 0.05) is 30.6 Å². The Kier molecular flexibility index (Phi) is 3.33. The molecule has 2 aliphatic heterocycles. The minimum atomic E-state index is 0.0998. The predicted molar refractivity (Wildman–Crippen MR) is 81.9 cm³/mol. The van der Waals surface area contributed by atoms with Crippen LogP contribution in [0.25, 0.3) is 6.08 Å². The minimum absolute atomic E-state index is 0.0998. The van der Waals surface area contributed by atoms with E-state index >= 15 is 0 Å². The van der Waals surface area contributed by atoms with Crippen molar-refractivity contribution in [2.75, 3.05) is 0 Å². The average molecular weight is 297 g/mol. The number of hydrogen-bond acceptors (Lipinski definition) is 3. The molecule has 5 nitrogen and oxygen atoms in total. The summed E-state index contributed by atoms with van der Waals surface area (Å²) in [6.45, 7) is 0. The number of carbonyl (C=O) groups is 1. The molecule has 2 aromatic rings. The summed E-state index contributed by atoms with van der Waals surface area (Å²) < 4.78 is 7.28. The van der Waals surface area contributed by atoms with Crippen molar-refractivity contribution in [1.29, 1.82) is 0 Å². The number of rotatable bonds is 3. The number of furan rings is 1. The van der Waals surface area contributed by atoms with Crippen LogP contribution in [0.5, 0.6) is 0 Å². The number of aromatic nitrogens is 2. The summed E-state index contributed by atoms with van der Waals surface area (Å²) in [6.07, 6.45) is 13.1. The third-order valence-electron chi connectivity index (χ3n) is 4.80. The van der Waals surface area contributed by atoms with E-state index in [2.05, 4.69) is 10.00 Å². The fraction of sp³-hybridized carbons (Fsp3) is 0.412. The molecule has 2 aromatic heterocycles. The van der Waals surface area contributed by atoms with E-state index in [0.717, 1.165) is 25.7 Å². The molecular formula is C17H19N3O2. The fourth-order valence-electron chi connectivity index (χ4n) is 3.85. The van der Waals surface area contributed by atoms with Gasteiger partial charge in [0.05, 0.1) is 12.3 Å².